The molecule has 0 unspecified atom stereocenters. The maximum atomic E-state index is 11.3. The molecule has 1 aromatic heterocycles. The second kappa shape index (κ2) is 4.97. The van der Waals surface area contributed by atoms with Crippen LogP contribution in [0, 0.1) is 0 Å². The first-order valence-corrected chi connectivity index (χ1v) is 5.27. The van der Waals surface area contributed by atoms with E-state index in [1.54, 1.807) is 5.38 Å². The third-order valence-electron chi connectivity index (χ3n) is 1.50. The molecule has 0 N–H and O–H groups in total. The predicted molar refractivity (Wildman–Crippen MR) is 52.1 cm³/mol. The van der Waals surface area contributed by atoms with Crippen molar-refractivity contribution in [3.63, 3.8) is 0 Å². The van der Waals surface area contributed by atoms with Gasteiger partial charge in [0.25, 0.3) is 0 Å². The van der Waals surface area contributed by atoms with Gasteiger partial charge >= 0.3 is 5.97 Å². The van der Waals surface area contributed by atoms with Crippen molar-refractivity contribution >= 4 is 17.3 Å². The van der Waals surface area contributed by atoms with E-state index in [1.165, 1.54) is 11.3 Å². The van der Waals surface area contributed by atoms with Crippen LogP contribution in [0.25, 0.3) is 0 Å². The van der Waals surface area contributed by atoms with Crippen molar-refractivity contribution in [2.24, 2.45) is 0 Å². The molecule has 0 fully saturated rings. The van der Waals surface area contributed by atoms with Crippen LogP contribution in [0.2, 0.25) is 0 Å². The van der Waals surface area contributed by atoms with E-state index in [0.717, 1.165) is 17.8 Å². The largest absolute Gasteiger partial charge is 0.461 e. The van der Waals surface area contributed by atoms with Gasteiger partial charge in [0.1, 0.15) is 0 Å². The lowest BCUT2D eigenvalue weighted by Gasteiger charge is -1.98. The Hall–Kier alpha value is -0.900. The number of carbonyl (C=O) groups excluding carboxylic acids is 1. The van der Waals surface area contributed by atoms with Crippen molar-refractivity contribution in [3.8, 4) is 0 Å². The Morgan fingerprint density at radius 3 is 2.92 bits per heavy atom. The van der Waals surface area contributed by atoms with Crippen LogP contribution < -0.4 is 0 Å². The zero-order chi connectivity index (χ0) is 9.68. The number of rotatable bonds is 4. The molecule has 0 saturated carbocycles. The maximum Gasteiger partial charge on any atom is 0.357 e. The molecule has 4 heteroatoms. The van der Waals surface area contributed by atoms with Crippen molar-refractivity contribution in [1.29, 1.82) is 0 Å². The third-order valence-corrected chi connectivity index (χ3v) is 2.49. The zero-order valence-electron chi connectivity index (χ0n) is 7.87. The topological polar surface area (TPSA) is 39.2 Å². The maximum absolute atomic E-state index is 11.3. The molecule has 72 valence electrons. The summed E-state index contributed by atoms with van der Waals surface area (Å²) in [5.74, 6) is -0.308. The molecular weight excluding hydrogens is 186 g/mol. The van der Waals surface area contributed by atoms with Gasteiger partial charge in [-0.15, -0.1) is 11.3 Å². The molecule has 0 aliphatic heterocycles. The zero-order valence-corrected chi connectivity index (χ0v) is 8.69. The summed E-state index contributed by atoms with van der Waals surface area (Å²) in [7, 11) is 0. The van der Waals surface area contributed by atoms with Crippen LogP contribution >= 0.6 is 11.3 Å². The van der Waals surface area contributed by atoms with Gasteiger partial charge < -0.3 is 4.74 Å². The number of thiazole rings is 1. The molecule has 13 heavy (non-hydrogen) atoms. The molecule has 0 aliphatic rings. The van der Waals surface area contributed by atoms with Crippen LogP contribution in [-0.2, 0) is 11.2 Å². The second-order valence-corrected chi connectivity index (χ2v) is 3.56. The molecule has 0 aromatic carbocycles. The number of hydrogen-bond acceptors (Lipinski definition) is 4. The summed E-state index contributed by atoms with van der Waals surface area (Å²) in [4.78, 5) is 15.4. The van der Waals surface area contributed by atoms with E-state index in [4.69, 9.17) is 4.74 Å². The van der Waals surface area contributed by atoms with Crippen LogP contribution in [-0.4, -0.2) is 17.6 Å². The smallest absolute Gasteiger partial charge is 0.357 e. The Bertz CT molecular complexity index is 283. The van der Waals surface area contributed by atoms with Gasteiger partial charge in [0, 0.05) is 5.38 Å². The Kier molecular flexibility index (Phi) is 3.89. The highest BCUT2D eigenvalue weighted by Gasteiger charge is 2.10. The van der Waals surface area contributed by atoms with Crippen molar-refractivity contribution in [2.45, 2.75) is 26.7 Å². The first-order valence-electron chi connectivity index (χ1n) is 4.39. The molecule has 1 rings (SSSR count). The number of ether oxygens (including phenoxy) is 1. The van der Waals surface area contributed by atoms with E-state index in [0.29, 0.717) is 12.3 Å². The van der Waals surface area contributed by atoms with Gasteiger partial charge in [-0.3, -0.25) is 0 Å². The Morgan fingerprint density at radius 1 is 1.62 bits per heavy atom. The monoisotopic (exact) mass is 199 g/mol. The predicted octanol–water partition coefficient (Wildman–Crippen LogP) is 2.27. The lowest BCUT2D eigenvalue weighted by Crippen LogP contribution is -2.06. The number of carbonyl (C=O) groups is 1. The Balaban J connectivity index is 2.55. The average molecular weight is 199 g/mol. The average Bonchev–Trinajstić information content (AvgIpc) is 2.62. The van der Waals surface area contributed by atoms with Gasteiger partial charge in [0.15, 0.2) is 5.69 Å². The third kappa shape index (κ3) is 2.81. The van der Waals surface area contributed by atoms with E-state index < -0.39 is 0 Å². The molecule has 0 amide bonds. The first kappa shape index (κ1) is 10.2. The Morgan fingerprint density at radius 2 is 2.38 bits per heavy atom. The summed E-state index contributed by atoms with van der Waals surface area (Å²) in [6.07, 6.45) is 1.71. The Labute approximate surface area is 81.8 Å². The second-order valence-electron chi connectivity index (χ2n) is 2.62. The molecule has 1 aromatic rings. The highest BCUT2D eigenvalue weighted by Crippen LogP contribution is 2.10. The van der Waals surface area contributed by atoms with Gasteiger partial charge in [0.2, 0.25) is 0 Å². The van der Waals surface area contributed by atoms with Gasteiger partial charge in [0.05, 0.1) is 11.6 Å². The van der Waals surface area contributed by atoms with Gasteiger partial charge in [-0.2, -0.15) is 0 Å². The van der Waals surface area contributed by atoms with E-state index in [-0.39, 0.29) is 5.97 Å². The fraction of sp³-hybridized carbons (Fsp3) is 0.556. The lowest BCUT2D eigenvalue weighted by molar-refractivity contribution is 0.0499. The number of hydrogen-bond donors (Lipinski definition) is 0. The highest BCUT2D eigenvalue weighted by molar-refractivity contribution is 7.09. The molecule has 0 atom stereocenters. The normalized spacial score (nSPS) is 10.0. The molecule has 0 radical (unpaired) electrons. The summed E-state index contributed by atoms with van der Waals surface area (Å²) in [5.41, 5.74) is 0.440. The fourth-order valence-electron chi connectivity index (χ4n) is 0.836. The lowest BCUT2D eigenvalue weighted by atomic mass is 10.4. The SMILES string of the molecule is CCCOC(=O)c1csc(CC)n1. The van der Waals surface area contributed by atoms with Crippen LogP contribution in [0.3, 0.4) is 0 Å². The van der Waals surface area contributed by atoms with Crippen LogP contribution in [0.5, 0.6) is 0 Å². The molecule has 0 saturated heterocycles. The minimum Gasteiger partial charge on any atom is -0.461 e. The number of aromatic nitrogens is 1. The minimum atomic E-state index is -0.308. The summed E-state index contributed by atoms with van der Waals surface area (Å²) in [5, 5.41) is 2.72. The van der Waals surface area contributed by atoms with Crippen molar-refractivity contribution in [2.75, 3.05) is 6.61 Å². The fourth-order valence-corrected chi connectivity index (χ4v) is 1.55. The minimum absolute atomic E-state index is 0.308. The van der Waals surface area contributed by atoms with Crippen LogP contribution in [0.15, 0.2) is 5.38 Å². The molecule has 3 nitrogen and oxygen atoms in total. The number of nitrogens with zero attached hydrogens (tertiary/aromatic N) is 1. The molecule has 0 bridgehead atoms. The standard InChI is InChI=1S/C9H13NO2S/c1-3-5-12-9(11)7-6-13-8(4-2)10-7/h6H,3-5H2,1-2H3. The molecular formula is C9H13NO2S. The summed E-state index contributed by atoms with van der Waals surface area (Å²) < 4.78 is 4.94. The van der Waals surface area contributed by atoms with Crippen LogP contribution in [0.1, 0.15) is 35.8 Å². The van der Waals surface area contributed by atoms with Crippen molar-refractivity contribution in [3.05, 3.63) is 16.1 Å². The number of esters is 1. The van der Waals surface area contributed by atoms with Crippen molar-refractivity contribution in [1.82, 2.24) is 4.98 Å². The van der Waals surface area contributed by atoms with E-state index in [1.807, 2.05) is 13.8 Å². The first-order chi connectivity index (χ1) is 6.27. The van der Waals surface area contributed by atoms with E-state index >= 15 is 0 Å². The summed E-state index contributed by atoms with van der Waals surface area (Å²) in [6, 6.07) is 0. The quantitative estimate of drug-likeness (QED) is 0.698. The van der Waals surface area contributed by atoms with Crippen LogP contribution in [0.4, 0.5) is 0 Å². The van der Waals surface area contributed by atoms with Gasteiger partial charge in [-0.05, 0) is 12.8 Å². The van der Waals surface area contributed by atoms with Gasteiger partial charge in [-0.25, -0.2) is 9.78 Å². The summed E-state index contributed by atoms with van der Waals surface area (Å²) >= 11 is 1.50. The number of aryl methyl sites for hydroxylation is 1. The van der Waals surface area contributed by atoms with E-state index in [2.05, 4.69) is 4.98 Å². The van der Waals surface area contributed by atoms with E-state index in [9.17, 15) is 4.79 Å². The van der Waals surface area contributed by atoms with Gasteiger partial charge in [-0.1, -0.05) is 13.8 Å². The highest BCUT2D eigenvalue weighted by atomic mass is 32.1. The van der Waals surface area contributed by atoms with Crippen molar-refractivity contribution < 1.29 is 9.53 Å². The molecule has 1 heterocycles. The summed E-state index contributed by atoms with van der Waals surface area (Å²) in [6.45, 7) is 4.45. The molecule has 0 aliphatic carbocycles. The molecule has 0 spiro atoms.